The number of aromatic nitrogens is 1. The highest BCUT2D eigenvalue weighted by Crippen LogP contribution is 2.20. The smallest absolute Gasteiger partial charge is 0.356 e. The Labute approximate surface area is 127 Å². The van der Waals surface area contributed by atoms with Crippen LogP contribution in [0.3, 0.4) is 0 Å². The van der Waals surface area contributed by atoms with E-state index in [0.717, 1.165) is 18.9 Å². The van der Waals surface area contributed by atoms with Gasteiger partial charge in [-0.05, 0) is 25.0 Å². The maximum absolute atomic E-state index is 12.1. The van der Waals surface area contributed by atoms with E-state index in [4.69, 9.17) is 0 Å². The summed E-state index contributed by atoms with van der Waals surface area (Å²) in [5.41, 5.74) is 0. The molecule has 1 aliphatic rings. The number of nitrogens with one attached hydrogen (secondary N) is 1. The van der Waals surface area contributed by atoms with E-state index in [0.29, 0.717) is 12.8 Å². The van der Waals surface area contributed by atoms with Crippen LogP contribution < -0.4 is 10.2 Å². The summed E-state index contributed by atoms with van der Waals surface area (Å²) in [6.45, 7) is 0.139. The molecule has 0 aliphatic carbocycles. The lowest BCUT2D eigenvalue weighted by atomic mass is 10.0. The number of carbonyl (C=O) groups is 1. The van der Waals surface area contributed by atoms with Crippen molar-refractivity contribution in [2.45, 2.75) is 25.1 Å². The number of urea groups is 1. The van der Waals surface area contributed by atoms with Gasteiger partial charge in [0, 0.05) is 32.4 Å². The highest BCUT2D eigenvalue weighted by molar-refractivity contribution is 5.74. The SMILES string of the molecule is CN(C(=O)NCC(F)(F)F)C1CCN(c2ccccn2)CC1. The van der Waals surface area contributed by atoms with Crippen molar-refractivity contribution >= 4 is 11.8 Å². The summed E-state index contributed by atoms with van der Waals surface area (Å²) in [7, 11) is 1.53. The number of hydrogen-bond donors (Lipinski definition) is 1. The molecule has 2 amide bonds. The van der Waals surface area contributed by atoms with Gasteiger partial charge in [-0.1, -0.05) is 6.07 Å². The molecule has 0 spiro atoms. The first kappa shape index (κ1) is 16.4. The minimum absolute atomic E-state index is 0.0619. The van der Waals surface area contributed by atoms with E-state index in [-0.39, 0.29) is 6.04 Å². The second kappa shape index (κ2) is 6.85. The third-order valence-corrected chi connectivity index (χ3v) is 3.75. The number of hydrogen-bond acceptors (Lipinski definition) is 3. The molecule has 5 nitrogen and oxygen atoms in total. The first-order valence-corrected chi connectivity index (χ1v) is 7.10. The summed E-state index contributed by atoms with van der Waals surface area (Å²) >= 11 is 0. The van der Waals surface area contributed by atoms with E-state index in [9.17, 15) is 18.0 Å². The highest BCUT2D eigenvalue weighted by Gasteiger charge is 2.30. The van der Waals surface area contributed by atoms with Crippen LogP contribution in [-0.4, -0.2) is 54.8 Å². The molecule has 0 aromatic carbocycles. The van der Waals surface area contributed by atoms with E-state index in [1.807, 2.05) is 23.5 Å². The summed E-state index contributed by atoms with van der Waals surface area (Å²) in [5, 5.41) is 1.90. The van der Waals surface area contributed by atoms with E-state index >= 15 is 0 Å². The molecule has 0 saturated carbocycles. The van der Waals surface area contributed by atoms with Gasteiger partial charge in [0.1, 0.15) is 12.4 Å². The number of pyridine rings is 1. The Morgan fingerprint density at radius 3 is 2.64 bits per heavy atom. The number of halogens is 3. The zero-order valence-corrected chi connectivity index (χ0v) is 12.3. The predicted octanol–water partition coefficient (Wildman–Crippen LogP) is 2.25. The molecule has 1 aromatic heterocycles. The minimum Gasteiger partial charge on any atom is -0.356 e. The molecule has 0 bridgehead atoms. The molecule has 122 valence electrons. The van der Waals surface area contributed by atoms with Gasteiger partial charge in [-0.3, -0.25) is 0 Å². The molecule has 1 saturated heterocycles. The molecule has 0 radical (unpaired) electrons. The first-order valence-electron chi connectivity index (χ1n) is 7.10. The molecule has 22 heavy (non-hydrogen) atoms. The van der Waals surface area contributed by atoms with E-state index in [1.54, 1.807) is 6.20 Å². The Morgan fingerprint density at radius 1 is 1.41 bits per heavy atom. The molecule has 1 aliphatic heterocycles. The van der Waals surface area contributed by atoms with Crippen LogP contribution in [0, 0.1) is 0 Å². The summed E-state index contributed by atoms with van der Waals surface area (Å²) < 4.78 is 36.3. The number of carbonyl (C=O) groups excluding carboxylic acids is 1. The monoisotopic (exact) mass is 316 g/mol. The molecule has 2 rings (SSSR count). The van der Waals surface area contributed by atoms with Crippen LogP contribution in [0.5, 0.6) is 0 Å². The molecule has 1 fully saturated rings. The zero-order valence-electron chi connectivity index (χ0n) is 12.3. The third kappa shape index (κ3) is 4.51. The molecule has 0 unspecified atom stereocenters. The van der Waals surface area contributed by atoms with E-state index in [1.165, 1.54) is 11.9 Å². The molecular formula is C14H19F3N4O. The highest BCUT2D eigenvalue weighted by atomic mass is 19.4. The van der Waals surface area contributed by atoms with Crippen LogP contribution >= 0.6 is 0 Å². The topological polar surface area (TPSA) is 48.5 Å². The lowest BCUT2D eigenvalue weighted by molar-refractivity contribution is -0.123. The summed E-state index contributed by atoms with van der Waals surface area (Å²) in [5.74, 6) is 0.880. The molecule has 1 N–H and O–H groups in total. The Kier molecular flexibility index (Phi) is 5.10. The van der Waals surface area contributed by atoms with Crippen LogP contribution in [-0.2, 0) is 0 Å². The maximum atomic E-state index is 12.1. The predicted molar refractivity (Wildman–Crippen MR) is 76.7 cm³/mol. The second-order valence-electron chi connectivity index (χ2n) is 5.29. The Balaban J connectivity index is 1.82. The van der Waals surface area contributed by atoms with Crippen molar-refractivity contribution in [1.82, 2.24) is 15.2 Å². The zero-order chi connectivity index (χ0) is 16.2. The van der Waals surface area contributed by atoms with Crippen LogP contribution in [0.2, 0.25) is 0 Å². The van der Waals surface area contributed by atoms with Gasteiger partial charge in [0.25, 0.3) is 0 Å². The normalized spacial score (nSPS) is 16.5. The van der Waals surface area contributed by atoms with Gasteiger partial charge in [-0.15, -0.1) is 0 Å². The lowest BCUT2D eigenvalue weighted by Crippen LogP contribution is -2.50. The van der Waals surface area contributed by atoms with E-state index in [2.05, 4.69) is 9.88 Å². The van der Waals surface area contributed by atoms with Crippen LogP contribution in [0.4, 0.5) is 23.8 Å². The van der Waals surface area contributed by atoms with Gasteiger partial charge in [-0.2, -0.15) is 13.2 Å². The average Bonchev–Trinajstić information content (AvgIpc) is 2.52. The molecule has 8 heteroatoms. The summed E-state index contributed by atoms with van der Waals surface area (Å²) in [4.78, 5) is 19.5. The van der Waals surface area contributed by atoms with Gasteiger partial charge in [0.15, 0.2) is 0 Å². The first-order chi connectivity index (χ1) is 10.4. The van der Waals surface area contributed by atoms with Crippen molar-refractivity contribution in [2.24, 2.45) is 0 Å². The number of amides is 2. The van der Waals surface area contributed by atoms with E-state index < -0.39 is 18.8 Å². The molecular weight excluding hydrogens is 297 g/mol. The molecule has 2 heterocycles. The summed E-state index contributed by atoms with van der Waals surface area (Å²) in [6.07, 6.45) is -1.27. The Hall–Kier alpha value is -1.99. The fraction of sp³-hybridized carbons (Fsp3) is 0.571. The van der Waals surface area contributed by atoms with Gasteiger partial charge < -0.3 is 15.1 Å². The fourth-order valence-electron chi connectivity index (χ4n) is 2.49. The molecule has 1 aromatic rings. The Morgan fingerprint density at radius 2 is 2.09 bits per heavy atom. The number of nitrogens with zero attached hydrogens (tertiary/aromatic N) is 3. The van der Waals surface area contributed by atoms with Crippen LogP contribution in [0.25, 0.3) is 0 Å². The van der Waals surface area contributed by atoms with Gasteiger partial charge >= 0.3 is 12.2 Å². The quantitative estimate of drug-likeness (QED) is 0.930. The number of alkyl halides is 3. The number of rotatable bonds is 3. The van der Waals surface area contributed by atoms with Crippen LogP contribution in [0.1, 0.15) is 12.8 Å². The fourth-order valence-corrected chi connectivity index (χ4v) is 2.49. The number of piperidine rings is 1. The summed E-state index contributed by atoms with van der Waals surface area (Å²) in [6, 6.07) is 4.92. The number of anilines is 1. The van der Waals surface area contributed by atoms with Gasteiger partial charge in [-0.25, -0.2) is 9.78 Å². The van der Waals surface area contributed by atoms with Crippen molar-refractivity contribution in [3.05, 3.63) is 24.4 Å². The standard InChI is InChI=1S/C14H19F3N4O/c1-20(13(22)19-10-14(15,16)17)11-5-8-21(9-6-11)12-4-2-3-7-18-12/h2-4,7,11H,5-6,8-10H2,1H3,(H,19,22). The van der Waals surface area contributed by atoms with Crippen molar-refractivity contribution in [3.8, 4) is 0 Å². The second-order valence-corrected chi connectivity index (χ2v) is 5.29. The van der Waals surface area contributed by atoms with Gasteiger partial charge in [0.2, 0.25) is 0 Å². The Bertz CT molecular complexity index is 487. The van der Waals surface area contributed by atoms with Crippen molar-refractivity contribution in [3.63, 3.8) is 0 Å². The average molecular weight is 316 g/mol. The lowest BCUT2D eigenvalue weighted by Gasteiger charge is -2.37. The maximum Gasteiger partial charge on any atom is 0.405 e. The third-order valence-electron chi connectivity index (χ3n) is 3.75. The van der Waals surface area contributed by atoms with Gasteiger partial charge in [0.05, 0.1) is 0 Å². The van der Waals surface area contributed by atoms with Crippen LogP contribution in [0.15, 0.2) is 24.4 Å². The van der Waals surface area contributed by atoms with Crippen molar-refractivity contribution in [1.29, 1.82) is 0 Å². The largest absolute Gasteiger partial charge is 0.405 e. The minimum atomic E-state index is -4.39. The molecule has 0 atom stereocenters. The van der Waals surface area contributed by atoms with Crippen molar-refractivity contribution in [2.75, 3.05) is 31.6 Å². The van der Waals surface area contributed by atoms with Crippen molar-refractivity contribution < 1.29 is 18.0 Å².